The second-order valence-electron chi connectivity index (χ2n) is 9.07. The van der Waals surface area contributed by atoms with Crippen molar-refractivity contribution < 1.29 is 24.6 Å². The molecule has 0 saturated carbocycles. The van der Waals surface area contributed by atoms with Crippen LogP contribution in [0.15, 0.2) is 60.9 Å². The molecule has 0 spiro atoms. The molecule has 0 radical (unpaired) electrons. The largest absolute Gasteiger partial charge is 0.481 e. The summed E-state index contributed by atoms with van der Waals surface area (Å²) in [5.74, 6) is -0.0196. The van der Waals surface area contributed by atoms with E-state index < -0.39 is 0 Å². The molecular formula is C27H31N6O4+. The highest BCUT2D eigenvalue weighted by atomic mass is 16.5. The predicted octanol–water partition coefficient (Wildman–Crippen LogP) is 1.92. The second-order valence-corrected chi connectivity index (χ2v) is 9.07. The van der Waals surface area contributed by atoms with Crippen LogP contribution >= 0.6 is 0 Å². The Kier molecular flexibility index (Phi) is 7.48. The van der Waals surface area contributed by atoms with E-state index in [0.29, 0.717) is 49.4 Å². The van der Waals surface area contributed by atoms with E-state index in [4.69, 9.17) is 9.47 Å². The van der Waals surface area contributed by atoms with Crippen LogP contribution in [0.5, 0.6) is 5.88 Å². The number of aromatic nitrogens is 1. The number of anilines is 1. The summed E-state index contributed by atoms with van der Waals surface area (Å²) in [6, 6.07) is 14.9. The van der Waals surface area contributed by atoms with Crippen molar-refractivity contribution in [3.05, 3.63) is 77.8 Å². The van der Waals surface area contributed by atoms with Crippen LogP contribution in [0.1, 0.15) is 39.3 Å². The summed E-state index contributed by atoms with van der Waals surface area (Å²) in [6.45, 7) is 2.61. The molecule has 2 aromatic carbocycles. The summed E-state index contributed by atoms with van der Waals surface area (Å²) >= 11 is 0. The van der Waals surface area contributed by atoms with E-state index in [0.717, 1.165) is 29.2 Å². The number of amides is 2. The van der Waals surface area contributed by atoms with Gasteiger partial charge in [0, 0.05) is 31.4 Å². The summed E-state index contributed by atoms with van der Waals surface area (Å²) in [5, 5.41) is 9.73. The zero-order chi connectivity index (χ0) is 25.6. The number of ether oxygens (including phenoxy) is 2. The van der Waals surface area contributed by atoms with Gasteiger partial charge < -0.3 is 20.1 Å². The zero-order valence-electron chi connectivity index (χ0n) is 20.7. The lowest BCUT2D eigenvalue weighted by atomic mass is 9.98. The van der Waals surface area contributed by atoms with Gasteiger partial charge in [-0.15, -0.1) is 5.53 Å². The number of carbonyl (C=O) groups excluding carboxylic acids is 2. The van der Waals surface area contributed by atoms with Crippen LogP contribution in [-0.4, -0.2) is 48.7 Å². The molecule has 0 atom stereocenters. The van der Waals surface area contributed by atoms with Gasteiger partial charge in [0.05, 0.1) is 31.7 Å². The van der Waals surface area contributed by atoms with E-state index in [2.05, 4.69) is 21.0 Å². The number of nitrogens with one attached hydrogen (secondary N) is 3. The van der Waals surface area contributed by atoms with Gasteiger partial charge in [0.15, 0.2) is 5.69 Å². The Bertz CT molecular complexity index is 1320. The molecular weight excluding hydrogens is 472 g/mol. The molecule has 1 saturated heterocycles. The maximum atomic E-state index is 13.5. The summed E-state index contributed by atoms with van der Waals surface area (Å²) in [6.07, 6.45) is 5.63. The van der Waals surface area contributed by atoms with Crippen LogP contribution in [0.2, 0.25) is 0 Å². The molecule has 3 aromatic rings. The second kappa shape index (κ2) is 11.3. The number of rotatable bonds is 8. The van der Waals surface area contributed by atoms with Crippen LogP contribution in [0.3, 0.4) is 0 Å². The number of nitrogens with two attached hydrogens (primary N) is 1. The molecule has 10 heteroatoms. The molecule has 0 aliphatic carbocycles. The standard InChI is InChI=1S/C27H30N6O4/c1-36-24-9-8-23(25(31-24)27(35)28-16-18-10-14-37-15-11-18)30-26(34)22-7-6-19(17-33-13-12-29-32-33)20-4-2-3-5-21(20)22/h2-9,12-13,18,29,32H,10-11,14-17H2,1H3,(H,28,35)(H,30,34)/p+1. The van der Waals surface area contributed by atoms with Crippen molar-refractivity contribution in [2.75, 3.05) is 32.2 Å². The zero-order valence-corrected chi connectivity index (χ0v) is 20.7. The fourth-order valence-electron chi connectivity index (χ4n) is 4.60. The van der Waals surface area contributed by atoms with E-state index in [1.54, 1.807) is 12.1 Å². The molecule has 37 heavy (non-hydrogen) atoms. The minimum atomic E-state index is -0.357. The first-order valence-corrected chi connectivity index (χ1v) is 12.4. The maximum absolute atomic E-state index is 13.5. The quantitative estimate of drug-likeness (QED) is 0.347. The number of benzene rings is 2. The van der Waals surface area contributed by atoms with E-state index in [-0.39, 0.29) is 17.5 Å². The molecule has 0 bridgehead atoms. The van der Waals surface area contributed by atoms with E-state index in [1.807, 2.05) is 59.3 Å². The van der Waals surface area contributed by atoms with Crippen LogP contribution < -0.4 is 26.3 Å². The lowest BCUT2D eigenvalue weighted by molar-refractivity contribution is -0.824. The molecule has 1 aromatic heterocycles. The smallest absolute Gasteiger partial charge is 0.272 e. The molecule has 5 rings (SSSR count). The number of quaternary nitrogens is 1. The van der Waals surface area contributed by atoms with Gasteiger partial charge in [-0.2, -0.15) is 0 Å². The molecule has 3 heterocycles. The van der Waals surface area contributed by atoms with E-state index >= 15 is 0 Å². The summed E-state index contributed by atoms with van der Waals surface area (Å²) in [7, 11) is 1.49. The van der Waals surface area contributed by atoms with Crippen molar-refractivity contribution >= 4 is 28.3 Å². The van der Waals surface area contributed by atoms with Gasteiger partial charge in [-0.25, -0.2) is 15.4 Å². The topological polar surface area (TPSA) is 121 Å². The first-order valence-electron chi connectivity index (χ1n) is 12.4. The van der Waals surface area contributed by atoms with Crippen molar-refractivity contribution in [3.8, 4) is 5.88 Å². The third-order valence-electron chi connectivity index (χ3n) is 6.65. The SMILES string of the molecule is COc1ccc(NC(=O)c2ccc(CN3C=CN[NH2+]3)c3ccccc23)c(C(=O)NCC2CCOCC2)n1. The molecule has 5 N–H and O–H groups in total. The van der Waals surface area contributed by atoms with Gasteiger partial charge in [-0.05, 0) is 47.2 Å². The van der Waals surface area contributed by atoms with Gasteiger partial charge in [0.2, 0.25) is 5.88 Å². The maximum Gasteiger partial charge on any atom is 0.272 e. The number of pyridine rings is 1. The number of hydrogen-bond acceptors (Lipinski definition) is 7. The highest BCUT2D eigenvalue weighted by Gasteiger charge is 2.21. The minimum Gasteiger partial charge on any atom is -0.481 e. The van der Waals surface area contributed by atoms with Crippen molar-refractivity contribution in [1.29, 1.82) is 0 Å². The summed E-state index contributed by atoms with van der Waals surface area (Å²) in [5.41, 5.74) is 6.99. The Hall–Kier alpha value is -4.15. The van der Waals surface area contributed by atoms with Crippen molar-refractivity contribution in [1.82, 2.24) is 20.7 Å². The van der Waals surface area contributed by atoms with Gasteiger partial charge in [0.1, 0.15) is 0 Å². The van der Waals surface area contributed by atoms with Crippen LogP contribution in [-0.2, 0) is 11.3 Å². The normalized spacial score (nSPS) is 15.4. The molecule has 10 nitrogen and oxygen atoms in total. The fourth-order valence-corrected chi connectivity index (χ4v) is 4.60. The molecule has 1 fully saturated rings. The molecule has 2 aliphatic rings. The highest BCUT2D eigenvalue weighted by Crippen LogP contribution is 2.26. The number of fused-ring (bicyclic) bond motifs is 1. The average molecular weight is 504 g/mol. The van der Waals surface area contributed by atoms with Crippen molar-refractivity contribution in [3.63, 3.8) is 0 Å². The molecule has 2 amide bonds. The van der Waals surface area contributed by atoms with E-state index in [9.17, 15) is 9.59 Å². The Morgan fingerprint density at radius 1 is 1.11 bits per heavy atom. The van der Waals surface area contributed by atoms with Gasteiger partial charge in [-0.1, -0.05) is 30.3 Å². The van der Waals surface area contributed by atoms with Crippen LogP contribution in [0.4, 0.5) is 5.69 Å². The third-order valence-corrected chi connectivity index (χ3v) is 6.65. The van der Waals surface area contributed by atoms with Crippen molar-refractivity contribution in [2.45, 2.75) is 19.4 Å². The van der Waals surface area contributed by atoms with E-state index in [1.165, 1.54) is 7.11 Å². The Morgan fingerprint density at radius 2 is 1.92 bits per heavy atom. The first-order chi connectivity index (χ1) is 18.1. The van der Waals surface area contributed by atoms with Crippen LogP contribution in [0, 0.1) is 5.92 Å². The third kappa shape index (κ3) is 5.65. The number of hydrogen-bond donors (Lipinski definition) is 4. The Balaban J connectivity index is 1.38. The number of methoxy groups -OCH3 is 1. The lowest BCUT2D eigenvalue weighted by Gasteiger charge is -2.22. The Labute approximate surface area is 215 Å². The monoisotopic (exact) mass is 503 g/mol. The lowest BCUT2D eigenvalue weighted by Crippen LogP contribution is -2.96. The predicted molar refractivity (Wildman–Crippen MR) is 138 cm³/mol. The van der Waals surface area contributed by atoms with Gasteiger partial charge in [-0.3, -0.25) is 9.59 Å². The first kappa shape index (κ1) is 24.5. The fraction of sp³-hybridized carbons (Fsp3) is 0.296. The van der Waals surface area contributed by atoms with Crippen LogP contribution in [0.25, 0.3) is 10.8 Å². The summed E-state index contributed by atoms with van der Waals surface area (Å²) < 4.78 is 10.6. The number of nitrogens with zero attached hydrogens (tertiary/aromatic N) is 2. The molecule has 192 valence electrons. The average Bonchev–Trinajstić information content (AvgIpc) is 3.46. The minimum absolute atomic E-state index is 0.115. The number of carbonyl (C=O) groups is 2. The molecule has 0 unspecified atom stereocenters. The van der Waals surface area contributed by atoms with Gasteiger partial charge >= 0.3 is 0 Å². The highest BCUT2D eigenvalue weighted by molar-refractivity contribution is 6.15. The van der Waals surface area contributed by atoms with Crippen molar-refractivity contribution in [2.24, 2.45) is 5.92 Å². The Morgan fingerprint density at radius 3 is 2.68 bits per heavy atom. The van der Waals surface area contributed by atoms with Gasteiger partial charge in [0.25, 0.3) is 11.8 Å². The summed E-state index contributed by atoms with van der Waals surface area (Å²) in [4.78, 5) is 30.9. The molecule has 2 aliphatic heterocycles.